The van der Waals surface area contributed by atoms with Gasteiger partial charge in [-0.25, -0.2) is 25.9 Å². The molecule has 0 aliphatic heterocycles. The largest absolute Gasteiger partial charge is 0.511 e. The third-order valence-electron chi connectivity index (χ3n) is 5.88. The van der Waals surface area contributed by atoms with E-state index in [-0.39, 0.29) is 5.56 Å². The van der Waals surface area contributed by atoms with E-state index in [1.807, 2.05) is 0 Å². The molecule has 0 saturated heterocycles. The van der Waals surface area contributed by atoms with Crippen LogP contribution >= 0.6 is 0 Å². The second kappa shape index (κ2) is 9.00. The lowest BCUT2D eigenvalue weighted by Crippen LogP contribution is -2.48. The Balaban J connectivity index is 2.06. The van der Waals surface area contributed by atoms with E-state index in [0.717, 1.165) is 6.07 Å². The first kappa shape index (κ1) is 27.3. The molecule has 0 bridgehead atoms. The van der Waals surface area contributed by atoms with Crippen LogP contribution in [0.3, 0.4) is 0 Å². The monoisotopic (exact) mass is 548 g/mol. The summed E-state index contributed by atoms with van der Waals surface area (Å²) in [5.41, 5.74) is -6.78. The van der Waals surface area contributed by atoms with Crippen LogP contribution in [-0.4, -0.2) is 33.4 Å². The predicted molar refractivity (Wildman–Crippen MR) is 110 cm³/mol. The van der Waals surface area contributed by atoms with Crippen molar-refractivity contribution in [2.75, 3.05) is 0 Å². The van der Waals surface area contributed by atoms with Crippen molar-refractivity contribution >= 4 is 19.9 Å². The van der Waals surface area contributed by atoms with Crippen molar-refractivity contribution in [3.8, 4) is 0 Å². The number of hydrogen-bond acceptors (Lipinski definition) is 5. The number of nitrogens with zero attached hydrogens (tertiary/aromatic N) is 1. The van der Waals surface area contributed by atoms with Crippen molar-refractivity contribution in [1.29, 1.82) is 0 Å². The van der Waals surface area contributed by atoms with E-state index in [2.05, 4.69) is 4.98 Å². The maximum atomic E-state index is 14.9. The third-order valence-corrected chi connectivity index (χ3v) is 9.66. The number of sulfone groups is 1. The fraction of sp³-hybridized carbons (Fsp3) is 0.450. The fourth-order valence-corrected chi connectivity index (χ4v) is 7.01. The van der Waals surface area contributed by atoms with Crippen molar-refractivity contribution in [2.45, 2.75) is 60.0 Å². The lowest BCUT2D eigenvalue weighted by atomic mass is 9.80. The van der Waals surface area contributed by atoms with E-state index in [0.29, 0.717) is 23.9 Å². The van der Waals surface area contributed by atoms with Crippen LogP contribution in [0, 0.1) is 12.7 Å². The van der Waals surface area contributed by atoms with Gasteiger partial charge >= 0.3 is 21.7 Å². The molecule has 2 aromatic rings. The number of aryl methyl sites for hydroxylation is 1. The lowest BCUT2D eigenvalue weighted by molar-refractivity contribution is -0.141. The second-order valence-corrected chi connectivity index (χ2v) is 12.2. The number of hydrogen-bond donors (Lipinski definition) is 1. The summed E-state index contributed by atoms with van der Waals surface area (Å²) in [7, 11) is -10.4. The summed E-state index contributed by atoms with van der Waals surface area (Å²) in [6, 6.07) is 3.45. The first-order valence-corrected chi connectivity index (χ1v) is 13.0. The molecule has 194 valence electrons. The van der Waals surface area contributed by atoms with Gasteiger partial charge in [0.25, 0.3) is 0 Å². The molecule has 0 radical (unpaired) electrons. The average Bonchev–Trinajstić information content (AvgIpc) is 2.74. The van der Waals surface area contributed by atoms with Crippen LogP contribution in [0.25, 0.3) is 0 Å². The van der Waals surface area contributed by atoms with Gasteiger partial charge in [0, 0.05) is 17.8 Å². The first-order valence-electron chi connectivity index (χ1n) is 10.0. The van der Waals surface area contributed by atoms with Crippen molar-refractivity contribution in [3.63, 3.8) is 0 Å². The molecule has 1 N–H and O–H groups in total. The molecule has 1 fully saturated rings. The van der Waals surface area contributed by atoms with Crippen LogP contribution < -0.4 is 4.72 Å². The minimum Gasteiger partial charge on any atom is -0.250 e. The zero-order valence-corrected chi connectivity index (χ0v) is 19.5. The summed E-state index contributed by atoms with van der Waals surface area (Å²) in [4.78, 5) is 2.51. The summed E-state index contributed by atoms with van der Waals surface area (Å²) >= 11 is 0. The van der Waals surface area contributed by atoms with E-state index < -0.39 is 84.4 Å². The Morgan fingerprint density at radius 2 is 1.57 bits per heavy atom. The summed E-state index contributed by atoms with van der Waals surface area (Å²) in [6.45, 7) is 1.55. The maximum absolute atomic E-state index is 14.9. The van der Waals surface area contributed by atoms with E-state index in [1.165, 1.54) is 16.9 Å². The highest BCUT2D eigenvalue weighted by atomic mass is 32.2. The molecular weight excluding hydrogens is 529 g/mol. The normalized spacial score (nSPS) is 22.2. The lowest BCUT2D eigenvalue weighted by Gasteiger charge is -2.40. The molecule has 1 aliphatic carbocycles. The molecule has 1 aromatic carbocycles. The molecular formula is C20H19F7N2O4S2. The van der Waals surface area contributed by atoms with Gasteiger partial charge in [-0.3, -0.25) is 4.98 Å². The van der Waals surface area contributed by atoms with Gasteiger partial charge in [0.05, 0.1) is 4.90 Å². The number of halogens is 7. The Morgan fingerprint density at radius 3 is 2.06 bits per heavy atom. The highest BCUT2D eigenvalue weighted by molar-refractivity contribution is 7.92. The minimum absolute atomic E-state index is 0.311. The van der Waals surface area contributed by atoms with Crippen LogP contribution in [0.5, 0.6) is 0 Å². The number of sulfonamides is 1. The molecule has 1 saturated carbocycles. The Kier molecular flexibility index (Phi) is 7.02. The van der Waals surface area contributed by atoms with E-state index in [1.54, 1.807) is 6.92 Å². The summed E-state index contributed by atoms with van der Waals surface area (Å²) in [5, 5.41) is 0. The number of benzene rings is 1. The van der Waals surface area contributed by atoms with Crippen molar-refractivity contribution in [3.05, 3.63) is 59.2 Å². The van der Waals surface area contributed by atoms with Crippen molar-refractivity contribution in [2.24, 2.45) is 0 Å². The topological polar surface area (TPSA) is 93.2 Å². The van der Waals surface area contributed by atoms with Crippen molar-refractivity contribution in [1.82, 2.24) is 9.71 Å². The van der Waals surface area contributed by atoms with E-state index in [9.17, 15) is 47.6 Å². The van der Waals surface area contributed by atoms with Crippen LogP contribution in [0.4, 0.5) is 30.7 Å². The van der Waals surface area contributed by atoms with E-state index >= 15 is 0 Å². The van der Waals surface area contributed by atoms with Crippen molar-refractivity contribution < 1.29 is 47.6 Å². The van der Waals surface area contributed by atoms with Gasteiger partial charge in [0.1, 0.15) is 16.3 Å². The molecule has 0 spiro atoms. The number of pyridine rings is 1. The summed E-state index contributed by atoms with van der Waals surface area (Å²) < 4.78 is 141. The van der Waals surface area contributed by atoms with Gasteiger partial charge in [0.15, 0.2) is 9.84 Å². The summed E-state index contributed by atoms with van der Waals surface area (Å²) in [6.07, 6.45) is -6.15. The first-order chi connectivity index (χ1) is 15.9. The van der Waals surface area contributed by atoms with E-state index in [4.69, 9.17) is 0 Å². The van der Waals surface area contributed by atoms with Crippen LogP contribution in [0.1, 0.15) is 42.5 Å². The SMILES string of the molecule is Cc1ccc(F)c([C@]2(S(=O)(=O)c3ccc(C(F)(F)F)nc3)CC[C@@H](NS(=O)(=O)C(F)(F)F)CC2)c1. The highest BCUT2D eigenvalue weighted by Gasteiger charge is 2.52. The Bertz CT molecular complexity index is 1300. The minimum atomic E-state index is -5.71. The van der Waals surface area contributed by atoms with Crippen LogP contribution in [0.2, 0.25) is 0 Å². The zero-order valence-electron chi connectivity index (χ0n) is 17.9. The molecule has 0 atom stereocenters. The third kappa shape index (κ3) is 5.16. The zero-order chi connectivity index (χ0) is 26.4. The summed E-state index contributed by atoms with van der Waals surface area (Å²) in [5.74, 6) is -0.937. The van der Waals surface area contributed by atoms with Gasteiger partial charge in [0.2, 0.25) is 0 Å². The number of nitrogens with one attached hydrogen (secondary N) is 1. The van der Waals surface area contributed by atoms with Gasteiger partial charge in [-0.2, -0.15) is 26.3 Å². The molecule has 15 heteroatoms. The van der Waals surface area contributed by atoms with Gasteiger partial charge in [-0.15, -0.1) is 0 Å². The molecule has 3 rings (SSSR count). The number of rotatable bonds is 5. The van der Waals surface area contributed by atoms with Crippen LogP contribution in [0.15, 0.2) is 41.4 Å². The molecule has 6 nitrogen and oxygen atoms in total. The Labute approximate surface area is 196 Å². The second-order valence-electron chi connectivity index (χ2n) is 8.20. The van der Waals surface area contributed by atoms with Gasteiger partial charge in [-0.1, -0.05) is 17.7 Å². The fourth-order valence-electron chi connectivity index (χ4n) is 4.09. The molecule has 0 amide bonds. The Morgan fingerprint density at radius 1 is 0.971 bits per heavy atom. The smallest absolute Gasteiger partial charge is 0.250 e. The van der Waals surface area contributed by atoms with Gasteiger partial charge < -0.3 is 0 Å². The molecule has 1 aromatic heterocycles. The number of aromatic nitrogens is 1. The Hall–Kier alpha value is -2.26. The number of alkyl halides is 6. The van der Waals surface area contributed by atoms with Crippen LogP contribution in [-0.2, 0) is 30.8 Å². The highest BCUT2D eigenvalue weighted by Crippen LogP contribution is 2.48. The molecule has 1 heterocycles. The average molecular weight is 549 g/mol. The molecule has 35 heavy (non-hydrogen) atoms. The molecule has 0 unspecified atom stereocenters. The predicted octanol–water partition coefficient (Wildman–Crippen LogP) is 4.60. The standard InChI is InChI=1S/C20H19F7N2O4S2/c1-12-2-4-16(21)15(10-12)18(8-6-13(7-9-18)29-35(32,33)20(25,26)27)34(30,31)14-3-5-17(28-11-14)19(22,23)24/h2-5,10-11,13,29H,6-9H2,1H3/t13-,18+. The van der Waals surface area contributed by atoms with Gasteiger partial charge in [-0.05, 0) is 50.8 Å². The molecule has 1 aliphatic rings. The quantitative estimate of drug-likeness (QED) is 0.552. The maximum Gasteiger partial charge on any atom is 0.511 e.